The molecule has 1 atom stereocenters. The number of rotatable bonds is 5. The van der Waals surface area contributed by atoms with Gasteiger partial charge in [0.15, 0.2) is 0 Å². The normalized spacial score (nSPS) is 14.8. The van der Waals surface area contributed by atoms with Crippen LogP contribution >= 0.6 is 0 Å². The molecular weight excluding hydrogens is 366 g/mol. The Morgan fingerprint density at radius 1 is 1.03 bits per heavy atom. The molecule has 2 heterocycles. The van der Waals surface area contributed by atoms with Crippen molar-refractivity contribution in [3.63, 3.8) is 0 Å². The molecular formula is C22H21N5O2. The van der Waals surface area contributed by atoms with Crippen LogP contribution in [0, 0.1) is 11.3 Å². The number of benzene rings is 2. The summed E-state index contributed by atoms with van der Waals surface area (Å²) in [5.41, 5.74) is 1.81. The first-order valence-corrected chi connectivity index (χ1v) is 9.69. The van der Waals surface area contributed by atoms with Crippen molar-refractivity contribution >= 4 is 11.9 Å². The Balaban J connectivity index is 1.59. The minimum Gasteiger partial charge on any atom is -0.405 e. The van der Waals surface area contributed by atoms with Crippen LogP contribution in [0.2, 0.25) is 0 Å². The maximum atomic E-state index is 12.8. The Morgan fingerprint density at radius 2 is 1.76 bits per heavy atom. The lowest BCUT2D eigenvalue weighted by molar-refractivity contribution is 0.0938. The largest absolute Gasteiger partial charge is 0.405 e. The molecule has 7 heteroatoms. The fourth-order valence-electron chi connectivity index (χ4n) is 3.40. The molecule has 1 saturated heterocycles. The number of aromatic nitrogens is 2. The van der Waals surface area contributed by atoms with Crippen molar-refractivity contribution in [1.29, 1.82) is 5.26 Å². The monoisotopic (exact) mass is 387 g/mol. The summed E-state index contributed by atoms with van der Waals surface area (Å²) in [5, 5.41) is 20.4. The van der Waals surface area contributed by atoms with E-state index in [0.717, 1.165) is 31.5 Å². The SMILES string of the molecule is N#Cc1ccc(C(=O)N[C@@H](c2ccccc2)c2nnc(N3CCCCC3)o2)cc1. The molecule has 0 unspecified atom stereocenters. The Hall–Kier alpha value is -3.66. The van der Waals surface area contributed by atoms with E-state index in [1.165, 1.54) is 6.42 Å². The van der Waals surface area contributed by atoms with Gasteiger partial charge < -0.3 is 14.6 Å². The van der Waals surface area contributed by atoms with E-state index in [2.05, 4.69) is 20.4 Å². The molecule has 2 aromatic carbocycles. The first-order valence-electron chi connectivity index (χ1n) is 9.69. The first-order chi connectivity index (χ1) is 14.2. The molecule has 0 bridgehead atoms. The molecule has 0 radical (unpaired) electrons. The lowest BCUT2D eigenvalue weighted by Gasteiger charge is -2.24. The zero-order valence-corrected chi connectivity index (χ0v) is 15.9. The third-order valence-corrected chi connectivity index (χ3v) is 4.99. The summed E-state index contributed by atoms with van der Waals surface area (Å²) in [7, 11) is 0. The quantitative estimate of drug-likeness (QED) is 0.720. The van der Waals surface area contributed by atoms with E-state index in [1.807, 2.05) is 36.4 Å². The van der Waals surface area contributed by atoms with Gasteiger partial charge in [0, 0.05) is 18.7 Å². The van der Waals surface area contributed by atoms with Gasteiger partial charge in [-0.05, 0) is 49.1 Å². The van der Waals surface area contributed by atoms with Gasteiger partial charge in [0.1, 0.15) is 6.04 Å². The van der Waals surface area contributed by atoms with E-state index in [0.29, 0.717) is 23.0 Å². The molecule has 1 fully saturated rings. The highest BCUT2D eigenvalue weighted by molar-refractivity contribution is 5.94. The van der Waals surface area contributed by atoms with Crippen LogP contribution in [0.3, 0.4) is 0 Å². The highest BCUT2D eigenvalue weighted by Gasteiger charge is 2.25. The van der Waals surface area contributed by atoms with Crippen LogP contribution in [0.4, 0.5) is 6.01 Å². The average molecular weight is 387 g/mol. The van der Waals surface area contributed by atoms with E-state index >= 15 is 0 Å². The summed E-state index contributed by atoms with van der Waals surface area (Å²) in [6.07, 6.45) is 3.43. The summed E-state index contributed by atoms with van der Waals surface area (Å²) < 4.78 is 5.96. The Bertz CT molecular complexity index is 1000. The topological polar surface area (TPSA) is 95.0 Å². The van der Waals surface area contributed by atoms with Gasteiger partial charge >= 0.3 is 6.01 Å². The van der Waals surface area contributed by atoms with Crippen LogP contribution in [-0.2, 0) is 0 Å². The van der Waals surface area contributed by atoms with Crippen molar-refractivity contribution in [3.8, 4) is 6.07 Å². The molecule has 4 rings (SSSR count). The maximum absolute atomic E-state index is 12.8. The standard InChI is InChI=1S/C22H21N5O2/c23-15-16-9-11-18(12-10-16)20(28)24-19(17-7-3-1-4-8-17)21-25-26-22(29-21)27-13-5-2-6-14-27/h1,3-4,7-12,19H,2,5-6,13-14H2,(H,24,28)/t19-/m0/s1. The van der Waals surface area contributed by atoms with Gasteiger partial charge in [-0.1, -0.05) is 35.4 Å². The summed E-state index contributed by atoms with van der Waals surface area (Å²) >= 11 is 0. The Labute approximate surface area is 169 Å². The molecule has 0 saturated carbocycles. The lowest BCUT2D eigenvalue weighted by Crippen LogP contribution is -2.30. The number of piperidine rings is 1. The predicted octanol–water partition coefficient (Wildman–Crippen LogP) is 3.45. The van der Waals surface area contributed by atoms with Crippen LogP contribution in [0.25, 0.3) is 0 Å². The number of hydrogen-bond donors (Lipinski definition) is 1. The number of amides is 1. The predicted molar refractivity (Wildman–Crippen MR) is 107 cm³/mol. The minimum absolute atomic E-state index is 0.277. The zero-order chi connectivity index (χ0) is 20.1. The third kappa shape index (κ3) is 4.27. The van der Waals surface area contributed by atoms with E-state index < -0.39 is 6.04 Å². The van der Waals surface area contributed by atoms with Crippen LogP contribution in [0.5, 0.6) is 0 Å². The number of hydrogen-bond acceptors (Lipinski definition) is 6. The molecule has 29 heavy (non-hydrogen) atoms. The van der Waals surface area contributed by atoms with E-state index in [9.17, 15) is 4.79 Å². The maximum Gasteiger partial charge on any atom is 0.318 e. The number of anilines is 1. The second-order valence-electron chi connectivity index (χ2n) is 6.98. The third-order valence-electron chi connectivity index (χ3n) is 4.99. The lowest BCUT2D eigenvalue weighted by atomic mass is 10.1. The summed E-state index contributed by atoms with van der Waals surface area (Å²) in [6, 6.07) is 18.0. The number of nitrogens with zero attached hydrogens (tertiary/aromatic N) is 4. The van der Waals surface area contributed by atoms with Crippen molar-refractivity contribution in [2.24, 2.45) is 0 Å². The summed E-state index contributed by atoms with van der Waals surface area (Å²) in [6.45, 7) is 1.80. The molecule has 0 spiro atoms. The molecule has 1 aromatic heterocycles. The van der Waals surface area contributed by atoms with Crippen LogP contribution in [0.15, 0.2) is 59.0 Å². The summed E-state index contributed by atoms with van der Waals surface area (Å²) in [5.74, 6) is 0.0693. The van der Waals surface area contributed by atoms with Gasteiger partial charge in [-0.25, -0.2) is 0 Å². The molecule has 3 aromatic rings. The van der Waals surface area contributed by atoms with Crippen LogP contribution < -0.4 is 10.2 Å². The highest BCUT2D eigenvalue weighted by Crippen LogP contribution is 2.25. The molecule has 1 aliphatic heterocycles. The zero-order valence-electron chi connectivity index (χ0n) is 15.9. The van der Waals surface area contributed by atoms with Crippen LogP contribution in [0.1, 0.15) is 52.7 Å². The number of nitrogens with one attached hydrogen (secondary N) is 1. The van der Waals surface area contributed by atoms with Gasteiger partial charge in [-0.2, -0.15) is 5.26 Å². The molecule has 146 valence electrons. The van der Waals surface area contributed by atoms with Gasteiger partial charge in [0.2, 0.25) is 5.89 Å². The van der Waals surface area contributed by atoms with E-state index in [4.69, 9.17) is 9.68 Å². The average Bonchev–Trinajstić information content (AvgIpc) is 3.28. The number of nitriles is 1. The number of carbonyl (C=O) groups excluding carboxylic acids is 1. The van der Waals surface area contributed by atoms with Crippen molar-refractivity contribution in [2.45, 2.75) is 25.3 Å². The highest BCUT2D eigenvalue weighted by atomic mass is 16.4. The van der Waals surface area contributed by atoms with Gasteiger partial charge in [0.25, 0.3) is 5.91 Å². The van der Waals surface area contributed by atoms with Crippen molar-refractivity contribution < 1.29 is 9.21 Å². The van der Waals surface area contributed by atoms with Crippen molar-refractivity contribution in [1.82, 2.24) is 15.5 Å². The van der Waals surface area contributed by atoms with Gasteiger partial charge in [0.05, 0.1) is 11.6 Å². The smallest absolute Gasteiger partial charge is 0.318 e. The summed E-state index contributed by atoms with van der Waals surface area (Å²) in [4.78, 5) is 14.9. The second-order valence-corrected chi connectivity index (χ2v) is 6.98. The molecule has 0 aliphatic carbocycles. The number of carbonyl (C=O) groups is 1. The Morgan fingerprint density at radius 3 is 2.45 bits per heavy atom. The molecule has 1 aliphatic rings. The molecule has 1 N–H and O–H groups in total. The van der Waals surface area contributed by atoms with Crippen molar-refractivity contribution in [2.75, 3.05) is 18.0 Å². The Kier molecular flexibility index (Phi) is 5.52. The fourth-order valence-corrected chi connectivity index (χ4v) is 3.40. The van der Waals surface area contributed by atoms with Crippen LogP contribution in [-0.4, -0.2) is 29.2 Å². The van der Waals surface area contributed by atoms with E-state index in [1.54, 1.807) is 24.3 Å². The first kappa shape index (κ1) is 18.7. The minimum atomic E-state index is -0.564. The van der Waals surface area contributed by atoms with Crippen molar-refractivity contribution in [3.05, 3.63) is 77.2 Å². The molecule has 7 nitrogen and oxygen atoms in total. The van der Waals surface area contributed by atoms with Gasteiger partial charge in [-0.3, -0.25) is 4.79 Å². The fraction of sp³-hybridized carbons (Fsp3) is 0.273. The van der Waals surface area contributed by atoms with Gasteiger partial charge in [-0.15, -0.1) is 5.10 Å². The van der Waals surface area contributed by atoms with E-state index in [-0.39, 0.29) is 5.91 Å². The molecule has 1 amide bonds. The second kappa shape index (κ2) is 8.57.